The Hall–Kier alpha value is -1.32. The number of hydrogen-bond donors (Lipinski definition) is 4. The molecule has 0 aliphatic rings. The first-order valence-corrected chi connectivity index (χ1v) is 23.9. The Bertz CT molecular complexity index is 1010. The van der Waals surface area contributed by atoms with Gasteiger partial charge in [0.2, 0.25) is 5.91 Å². The number of aliphatic hydroxyl groups excluding tert-OH is 2. The molecule has 4 unspecified atom stereocenters. The van der Waals surface area contributed by atoms with Crippen LogP contribution in [-0.4, -0.2) is 84.6 Å². The molecule has 0 saturated heterocycles. The summed E-state index contributed by atoms with van der Waals surface area (Å²) in [4.78, 5) is 23.2. The standard InChI is InChI=1S/C45H87N2O7P/c1-6-8-10-12-14-16-18-20-21-22-23-24-25-26-28-30-32-34-36-38-44(49)46-42(41-54-55(51,52)53-40-39-47(3,4)5)45(50)43(48)37-35-33-31-29-27-19-17-15-13-11-9-7-2/h15,17,20-21,29,31,42-43,45,48,50H,6-14,16,18-19,22-28,30,32-41H2,1-5H3,(H-,46,49,51,52)/p+1/b17-15+,21-20-,31-29+. The molecular weight excluding hydrogens is 711 g/mol. The van der Waals surface area contributed by atoms with Crippen molar-refractivity contribution in [3.63, 3.8) is 0 Å². The van der Waals surface area contributed by atoms with E-state index in [1.807, 2.05) is 21.1 Å². The van der Waals surface area contributed by atoms with Crippen molar-refractivity contribution in [2.75, 3.05) is 40.9 Å². The number of phosphoric ester groups is 1. The Labute approximate surface area is 339 Å². The van der Waals surface area contributed by atoms with Crippen LogP contribution in [0.25, 0.3) is 0 Å². The summed E-state index contributed by atoms with van der Waals surface area (Å²) in [5, 5.41) is 24.6. The Kier molecular flexibility index (Phi) is 36.1. The van der Waals surface area contributed by atoms with Crippen molar-refractivity contribution < 1.29 is 38.0 Å². The normalized spacial score (nSPS) is 15.3. The SMILES string of the molecule is CCCCC/C=C/CC/C=C/CCCC(O)C(O)C(COP(=O)(O)OCC[N+](C)(C)C)NC(=O)CCCCCCCCCCC/C=C\CCCCCCCC. The van der Waals surface area contributed by atoms with Crippen LogP contribution in [0.1, 0.15) is 187 Å². The lowest BCUT2D eigenvalue weighted by Crippen LogP contribution is -2.51. The Morgan fingerprint density at radius 2 is 1.04 bits per heavy atom. The van der Waals surface area contributed by atoms with Crippen LogP contribution in [0.3, 0.4) is 0 Å². The fourth-order valence-corrected chi connectivity index (χ4v) is 7.01. The molecule has 10 heteroatoms. The average molecular weight is 800 g/mol. The number of aliphatic hydroxyl groups is 2. The zero-order valence-corrected chi connectivity index (χ0v) is 37.2. The highest BCUT2D eigenvalue weighted by molar-refractivity contribution is 7.47. The van der Waals surface area contributed by atoms with Crippen molar-refractivity contribution >= 4 is 13.7 Å². The minimum atomic E-state index is -4.42. The molecule has 0 bridgehead atoms. The second-order valence-electron chi connectivity index (χ2n) is 16.5. The summed E-state index contributed by atoms with van der Waals surface area (Å²) in [5.74, 6) is -0.276. The third-order valence-corrected chi connectivity index (χ3v) is 10.9. The van der Waals surface area contributed by atoms with Gasteiger partial charge in [-0.25, -0.2) is 4.57 Å². The van der Waals surface area contributed by atoms with Crippen molar-refractivity contribution in [3.05, 3.63) is 36.5 Å². The van der Waals surface area contributed by atoms with Gasteiger partial charge in [0.25, 0.3) is 0 Å². The number of carbonyl (C=O) groups excluding carboxylic acids is 1. The van der Waals surface area contributed by atoms with Gasteiger partial charge in [-0.1, -0.05) is 140 Å². The molecule has 0 fully saturated rings. The number of nitrogens with one attached hydrogen (secondary N) is 1. The molecule has 1 amide bonds. The molecule has 0 heterocycles. The molecule has 4 atom stereocenters. The van der Waals surface area contributed by atoms with E-state index in [1.54, 1.807) is 0 Å². The monoisotopic (exact) mass is 800 g/mol. The van der Waals surface area contributed by atoms with Gasteiger partial charge in [0.05, 0.1) is 39.9 Å². The van der Waals surface area contributed by atoms with Crippen molar-refractivity contribution in [1.82, 2.24) is 5.32 Å². The second-order valence-corrected chi connectivity index (χ2v) is 18.0. The number of rotatable bonds is 40. The van der Waals surface area contributed by atoms with Crippen LogP contribution in [0.2, 0.25) is 0 Å². The summed E-state index contributed by atoms with van der Waals surface area (Å²) in [7, 11) is 1.41. The minimum Gasteiger partial charge on any atom is -0.390 e. The molecule has 0 spiro atoms. The van der Waals surface area contributed by atoms with Gasteiger partial charge in [-0.05, 0) is 77.0 Å². The predicted molar refractivity (Wildman–Crippen MR) is 232 cm³/mol. The quantitative estimate of drug-likeness (QED) is 0.0210. The van der Waals surface area contributed by atoms with Gasteiger partial charge in [-0.2, -0.15) is 0 Å². The van der Waals surface area contributed by atoms with E-state index < -0.39 is 32.7 Å². The number of likely N-dealkylation sites (N-methyl/N-ethyl adjacent to an activating group) is 1. The van der Waals surface area contributed by atoms with Gasteiger partial charge in [0.15, 0.2) is 0 Å². The van der Waals surface area contributed by atoms with Crippen LogP contribution in [0.15, 0.2) is 36.5 Å². The van der Waals surface area contributed by atoms with E-state index in [0.29, 0.717) is 23.9 Å². The van der Waals surface area contributed by atoms with E-state index in [0.717, 1.165) is 51.4 Å². The lowest BCUT2D eigenvalue weighted by atomic mass is 10.0. The molecular formula is C45H88N2O7P+. The van der Waals surface area contributed by atoms with E-state index in [-0.39, 0.29) is 18.9 Å². The highest BCUT2D eigenvalue weighted by Gasteiger charge is 2.31. The van der Waals surface area contributed by atoms with Crippen LogP contribution in [0, 0.1) is 0 Å². The van der Waals surface area contributed by atoms with E-state index >= 15 is 0 Å². The number of quaternary nitrogens is 1. The Morgan fingerprint density at radius 3 is 1.55 bits per heavy atom. The molecule has 0 aliphatic carbocycles. The molecule has 0 aromatic carbocycles. The molecule has 0 rings (SSSR count). The van der Waals surface area contributed by atoms with Gasteiger partial charge in [0, 0.05) is 6.42 Å². The zero-order chi connectivity index (χ0) is 40.9. The van der Waals surface area contributed by atoms with E-state index in [1.165, 1.54) is 103 Å². The number of unbranched alkanes of at least 4 members (excludes halogenated alkanes) is 20. The summed E-state index contributed by atoms with van der Waals surface area (Å²) < 4.78 is 23.5. The number of nitrogens with zero attached hydrogens (tertiary/aromatic N) is 1. The maximum Gasteiger partial charge on any atom is 0.472 e. The molecule has 9 nitrogen and oxygen atoms in total. The first kappa shape index (κ1) is 53.7. The molecule has 0 aliphatic heterocycles. The minimum absolute atomic E-state index is 0.0131. The predicted octanol–water partition coefficient (Wildman–Crippen LogP) is 11.3. The fourth-order valence-electron chi connectivity index (χ4n) is 6.27. The highest BCUT2D eigenvalue weighted by Crippen LogP contribution is 2.43. The van der Waals surface area contributed by atoms with Crippen molar-refractivity contribution in [2.24, 2.45) is 0 Å². The van der Waals surface area contributed by atoms with Crippen LogP contribution in [0.4, 0.5) is 0 Å². The smallest absolute Gasteiger partial charge is 0.390 e. The first-order valence-electron chi connectivity index (χ1n) is 22.4. The molecule has 0 aromatic rings. The fraction of sp³-hybridized carbons (Fsp3) is 0.844. The lowest BCUT2D eigenvalue weighted by molar-refractivity contribution is -0.870. The third kappa shape index (κ3) is 38.0. The summed E-state index contributed by atoms with van der Waals surface area (Å²) in [6.07, 6.45) is 40.7. The molecule has 0 aromatic heterocycles. The summed E-state index contributed by atoms with van der Waals surface area (Å²) in [5.41, 5.74) is 0. The van der Waals surface area contributed by atoms with Crippen molar-refractivity contribution in [3.8, 4) is 0 Å². The molecule has 4 N–H and O–H groups in total. The topological polar surface area (TPSA) is 125 Å². The van der Waals surface area contributed by atoms with E-state index in [4.69, 9.17) is 9.05 Å². The molecule has 324 valence electrons. The maximum atomic E-state index is 12.9. The zero-order valence-electron chi connectivity index (χ0n) is 36.3. The summed E-state index contributed by atoms with van der Waals surface area (Å²) in [6.45, 7) is 4.53. The number of allylic oxidation sites excluding steroid dienone is 6. The molecule has 55 heavy (non-hydrogen) atoms. The van der Waals surface area contributed by atoms with Gasteiger partial charge >= 0.3 is 7.82 Å². The Balaban J connectivity index is 4.50. The number of hydrogen-bond acceptors (Lipinski definition) is 6. The molecule has 0 radical (unpaired) electrons. The van der Waals surface area contributed by atoms with Gasteiger partial charge in [-0.15, -0.1) is 0 Å². The number of phosphoric acid groups is 1. The number of carbonyl (C=O) groups is 1. The van der Waals surface area contributed by atoms with E-state index in [9.17, 15) is 24.5 Å². The van der Waals surface area contributed by atoms with Gasteiger partial charge in [0.1, 0.15) is 19.3 Å². The maximum absolute atomic E-state index is 12.9. The van der Waals surface area contributed by atoms with Crippen LogP contribution in [0.5, 0.6) is 0 Å². The van der Waals surface area contributed by atoms with Crippen molar-refractivity contribution in [1.29, 1.82) is 0 Å². The first-order chi connectivity index (χ1) is 26.4. The van der Waals surface area contributed by atoms with Crippen LogP contribution < -0.4 is 5.32 Å². The Morgan fingerprint density at radius 1 is 0.618 bits per heavy atom. The number of amides is 1. The van der Waals surface area contributed by atoms with Crippen LogP contribution in [-0.2, 0) is 18.4 Å². The molecule has 0 saturated carbocycles. The van der Waals surface area contributed by atoms with Crippen molar-refractivity contribution in [2.45, 2.75) is 205 Å². The van der Waals surface area contributed by atoms with Gasteiger partial charge in [-0.3, -0.25) is 13.8 Å². The van der Waals surface area contributed by atoms with E-state index in [2.05, 4.69) is 55.6 Å². The summed E-state index contributed by atoms with van der Waals surface area (Å²) in [6, 6.07) is -1.06. The highest BCUT2D eigenvalue weighted by atomic mass is 31.2. The third-order valence-electron chi connectivity index (χ3n) is 9.93. The van der Waals surface area contributed by atoms with Gasteiger partial charge < -0.3 is 24.9 Å². The lowest BCUT2D eigenvalue weighted by Gasteiger charge is -2.28. The van der Waals surface area contributed by atoms with Crippen LogP contribution >= 0.6 is 7.82 Å². The second kappa shape index (κ2) is 37.0. The average Bonchev–Trinajstić information content (AvgIpc) is 3.13. The summed E-state index contributed by atoms with van der Waals surface area (Å²) >= 11 is 0. The largest absolute Gasteiger partial charge is 0.472 e.